The fraction of sp³-hybridized carbons (Fsp3) is 0.571. The topological polar surface area (TPSA) is 93.4 Å². The maximum atomic E-state index is 12.5. The number of likely N-dealkylation sites (tertiary alicyclic amines) is 1. The summed E-state index contributed by atoms with van der Waals surface area (Å²) in [7, 11) is -2.91. The lowest BCUT2D eigenvalue weighted by Crippen LogP contribution is -2.39. The Hall–Kier alpha value is -1.87. The number of hydrogen-bond acceptors (Lipinski definition) is 7. The number of amides is 1. The highest BCUT2D eigenvalue weighted by molar-refractivity contribution is 7.99. The van der Waals surface area contributed by atoms with Crippen LogP contribution in [0, 0.1) is 11.8 Å². The summed E-state index contributed by atoms with van der Waals surface area (Å²) in [6.07, 6.45) is 4.26. The maximum absolute atomic E-state index is 12.5. The monoisotopic (exact) mass is 449 g/mol. The highest BCUT2D eigenvalue weighted by atomic mass is 32.2. The smallest absolute Gasteiger partial charge is 0.277 e. The van der Waals surface area contributed by atoms with E-state index in [1.807, 2.05) is 11.0 Å². The van der Waals surface area contributed by atoms with Crippen molar-refractivity contribution in [2.24, 2.45) is 11.8 Å². The van der Waals surface area contributed by atoms with E-state index in [9.17, 15) is 13.2 Å². The highest BCUT2D eigenvalue weighted by Crippen LogP contribution is 2.25. The van der Waals surface area contributed by atoms with E-state index < -0.39 is 9.84 Å². The Morgan fingerprint density at radius 1 is 1.07 bits per heavy atom. The summed E-state index contributed by atoms with van der Waals surface area (Å²) < 4.78 is 28.7. The second-order valence-corrected chi connectivity index (χ2v) is 11.4. The van der Waals surface area contributed by atoms with Crippen LogP contribution >= 0.6 is 11.8 Å². The SMILES string of the molecule is O=C(CSc1nnc(CC2CCS(=O)(=O)C2)o1)N1CCC(Cc2ccccc2)CC1. The zero-order valence-electron chi connectivity index (χ0n) is 16.9. The first-order chi connectivity index (χ1) is 14.5. The van der Waals surface area contributed by atoms with Crippen LogP contribution in [0.3, 0.4) is 0 Å². The minimum atomic E-state index is -2.91. The minimum Gasteiger partial charge on any atom is -0.416 e. The Morgan fingerprint density at radius 2 is 1.83 bits per heavy atom. The van der Waals surface area contributed by atoms with Gasteiger partial charge < -0.3 is 9.32 Å². The van der Waals surface area contributed by atoms with E-state index in [1.54, 1.807) is 0 Å². The van der Waals surface area contributed by atoms with E-state index in [0.29, 0.717) is 29.9 Å². The van der Waals surface area contributed by atoms with Crippen molar-refractivity contribution >= 4 is 27.5 Å². The van der Waals surface area contributed by atoms with E-state index in [0.717, 1.165) is 32.4 Å². The Balaban J connectivity index is 1.19. The molecule has 30 heavy (non-hydrogen) atoms. The Kier molecular flexibility index (Phi) is 6.77. The largest absolute Gasteiger partial charge is 0.416 e. The van der Waals surface area contributed by atoms with Crippen LogP contribution in [0.15, 0.2) is 40.0 Å². The third-order valence-corrected chi connectivity index (χ3v) is 8.53. The number of aromatic nitrogens is 2. The van der Waals surface area contributed by atoms with Crippen molar-refractivity contribution in [3.63, 3.8) is 0 Å². The van der Waals surface area contributed by atoms with Gasteiger partial charge in [0.05, 0.1) is 17.3 Å². The molecule has 2 aliphatic rings. The van der Waals surface area contributed by atoms with Crippen molar-refractivity contribution < 1.29 is 17.6 Å². The molecular formula is C21H27N3O4S2. The fourth-order valence-electron chi connectivity index (χ4n) is 4.21. The molecule has 2 fully saturated rings. The first-order valence-electron chi connectivity index (χ1n) is 10.4. The summed E-state index contributed by atoms with van der Waals surface area (Å²) in [6.45, 7) is 1.59. The van der Waals surface area contributed by atoms with Gasteiger partial charge in [-0.15, -0.1) is 10.2 Å². The Labute approximate surface area is 181 Å². The van der Waals surface area contributed by atoms with Gasteiger partial charge in [-0.2, -0.15) is 0 Å². The molecule has 0 N–H and O–H groups in total. The molecule has 7 nitrogen and oxygen atoms in total. The average Bonchev–Trinajstić information content (AvgIpc) is 3.33. The van der Waals surface area contributed by atoms with Crippen molar-refractivity contribution in [2.45, 2.75) is 37.3 Å². The van der Waals surface area contributed by atoms with E-state index in [1.165, 1.54) is 17.3 Å². The predicted molar refractivity (Wildman–Crippen MR) is 115 cm³/mol. The van der Waals surface area contributed by atoms with Crippen molar-refractivity contribution in [1.82, 2.24) is 15.1 Å². The summed E-state index contributed by atoms with van der Waals surface area (Å²) >= 11 is 1.25. The molecule has 0 bridgehead atoms. The van der Waals surface area contributed by atoms with Crippen LogP contribution in [-0.2, 0) is 27.5 Å². The van der Waals surface area contributed by atoms with Gasteiger partial charge in [0, 0.05) is 19.5 Å². The molecule has 0 aliphatic carbocycles. The molecule has 0 radical (unpaired) electrons. The van der Waals surface area contributed by atoms with Crippen LogP contribution in [-0.4, -0.2) is 59.8 Å². The average molecular weight is 450 g/mol. The number of sulfone groups is 1. The van der Waals surface area contributed by atoms with Crippen LogP contribution in [0.2, 0.25) is 0 Å². The zero-order chi connectivity index (χ0) is 21.0. The van der Waals surface area contributed by atoms with Gasteiger partial charge in [-0.25, -0.2) is 8.42 Å². The van der Waals surface area contributed by atoms with Gasteiger partial charge in [-0.1, -0.05) is 42.1 Å². The molecule has 1 amide bonds. The molecule has 4 rings (SSSR count). The molecule has 162 valence electrons. The normalized spacial score (nSPS) is 21.7. The number of nitrogens with zero attached hydrogens (tertiary/aromatic N) is 3. The summed E-state index contributed by atoms with van der Waals surface area (Å²) in [6, 6.07) is 10.5. The minimum absolute atomic E-state index is 0.0483. The number of carbonyl (C=O) groups is 1. The van der Waals surface area contributed by atoms with Gasteiger partial charge in [-0.3, -0.25) is 4.79 Å². The van der Waals surface area contributed by atoms with Crippen molar-refractivity contribution in [3.05, 3.63) is 41.8 Å². The van der Waals surface area contributed by atoms with Gasteiger partial charge in [0.1, 0.15) is 0 Å². The molecule has 9 heteroatoms. The summed E-state index contributed by atoms with van der Waals surface area (Å²) in [5, 5.41) is 8.38. The van der Waals surface area contributed by atoms with E-state index in [4.69, 9.17) is 4.42 Å². The first kappa shape index (κ1) is 21.4. The van der Waals surface area contributed by atoms with Crippen LogP contribution in [0.25, 0.3) is 0 Å². The van der Waals surface area contributed by atoms with Gasteiger partial charge in [0.25, 0.3) is 5.22 Å². The van der Waals surface area contributed by atoms with Gasteiger partial charge in [0.15, 0.2) is 9.84 Å². The number of benzene rings is 1. The van der Waals surface area contributed by atoms with E-state index >= 15 is 0 Å². The predicted octanol–water partition coefficient (Wildman–Crippen LogP) is 2.62. The maximum Gasteiger partial charge on any atom is 0.277 e. The van der Waals surface area contributed by atoms with Crippen LogP contribution in [0.1, 0.15) is 30.7 Å². The number of rotatable bonds is 7. The van der Waals surface area contributed by atoms with E-state index in [2.05, 4.69) is 34.5 Å². The molecule has 1 unspecified atom stereocenters. The van der Waals surface area contributed by atoms with Crippen molar-refractivity contribution in [3.8, 4) is 0 Å². The molecule has 1 atom stereocenters. The fourth-order valence-corrected chi connectivity index (χ4v) is 6.75. The Morgan fingerprint density at radius 3 is 2.53 bits per heavy atom. The zero-order valence-corrected chi connectivity index (χ0v) is 18.5. The van der Waals surface area contributed by atoms with Crippen LogP contribution in [0.5, 0.6) is 0 Å². The lowest BCUT2D eigenvalue weighted by atomic mass is 9.90. The number of hydrogen-bond donors (Lipinski definition) is 0. The molecule has 1 aromatic heterocycles. The lowest BCUT2D eigenvalue weighted by molar-refractivity contribution is -0.129. The first-order valence-corrected chi connectivity index (χ1v) is 13.2. The lowest BCUT2D eigenvalue weighted by Gasteiger charge is -2.32. The number of carbonyl (C=O) groups excluding carboxylic acids is 1. The second kappa shape index (κ2) is 9.51. The molecular weight excluding hydrogens is 422 g/mol. The molecule has 1 aromatic carbocycles. The molecule has 2 saturated heterocycles. The molecule has 0 spiro atoms. The molecule has 2 aromatic rings. The summed E-state index contributed by atoms with van der Waals surface area (Å²) in [4.78, 5) is 14.5. The Bertz CT molecular complexity index is 954. The van der Waals surface area contributed by atoms with E-state index in [-0.39, 0.29) is 29.1 Å². The third kappa shape index (κ3) is 5.85. The molecule has 3 heterocycles. The molecule has 0 saturated carbocycles. The van der Waals surface area contributed by atoms with Crippen molar-refractivity contribution in [1.29, 1.82) is 0 Å². The second-order valence-electron chi connectivity index (χ2n) is 8.24. The van der Waals surface area contributed by atoms with Gasteiger partial charge in [0.2, 0.25) is 11.8 Å². The standard InChI is InChI=1S/C21H27N3O4S2/c25-20(24-9-6-17(7-10-24)12-16-4-2-1-3-5-16)14-29-21-23-22-19(28-21)13-18-8-11-30(26,27)15-18/h1-5,17-18H,6-15H2. The summed E-state index contributed by atoms with van der Waals surface area (Å²) in [5.74, 6) is 1.94. The number of thioether (sulfide) groups is 1. The highest BCUT2D eigenvalue weighted by Gasteiger charge is 2.29. The molecule has 2 aliphatic heterocycles. The quantitative estimate of drug-likeness (QED) is 0.600. The third-order valence-electron chi connectivity index (χ3n) is 5.89. The van der Waals surface area contributed by atoms with Gasteiger partial charge in [-0.05, 0) is 43.1 Å². The van der Waals surface area contributed by atoms with Crippen LogP contribution in [0.4, 0.5) is 0 Å². The summed E-state index contributed by atoms with van der Waals surface area (Å²) in [5.41, 5.74) is 1.36. The van der Waals surface area contributed by atoms with Crippen molar-refractivity contribution in [2.75, 3.05) is 30.3 Å². The van der Waals surface area contributed by atoms with Gasteiger partial charge >= 0.3 is 0 Å². The van der Waals surface area contributed by atoms with Crippen LogP contribution < -0.4 is 0 Å². The number of piperidine rings is 1.